The van der Waals surface area contributed by atoms with E-state index in [9.17, 15) is 9.59 Å². The average Bonchev–Trinajstić information content (AvgIpc) is 3.09. The number of carbonyl (C=O) groups excluding carboxylic acids is 1. The molecule has 2 saturated heterocycles. The maximum atomic E-state index is 12.9. The number of aryl methyl sites for hydroxylation is 1. The van der Waals surface area contributed by atoms with Crippen LogP contribution in [-0.4, -0.2) is 95.2 Å². The lowest BCUT2D eigenvalue weighted by atomic mass is 10.0. The molecule has 32 heavy (non-hydrogen) atoms. The van der Waals surface area contributed by atoms with E-state index in [-0.39, 0.29) is 23.5 Å². The van der Waals surface area contributed by atoms with Crippen molar-refractivity contribution in [3.05, 3.63) is 27.9 Å². The van der Waals surface area contributed by atoms with Gasteiger partial charge in [0.05, 0.1) is 24.9 Å². The zero-order chi connectivity index (χ0) is 22.5. The third kappa shape index (κ3) is 5.97. The Balaban J connectivity index is 1.25. The highest BCUT2D eigenvalue weighted by Crippen LogP contribution is 2.26. The Labute approximate surface area is 191 Å². The first-order chi connectivity index (χ1) is 15.5. The maximum absolute atomic E-state index is 12.9. The number of rotatable bonds is 7. The summed E-state index contributed by atoms with van der Waals surface area (Å²) in [7, 11) is 0. The fourth-order valence-corrected chi connectivity index (χ4v) is 5.09. The van der Waals surface area contributed by atoms with Crippen LogP contribution in [0.3, 0.4) is 0 Å². The molecule has 8 heteroatoms. The quantitative estimate of drug-likeness (QED) is 0.631. The van der Waals surface area contributed by atoms with Gasteiger partial charge in [-0.15, -0.1) is 0 Å². The number of aromatic nitrogens is 2. The van der Waals surface area contributed by atoms with E-state index in [0.717, 1.165) is 103 Å². The molecule has 8 nitrogen and oxygen atoms in total. The number of likely N-dealkylation sites (tertiary alicyclic amines) is 1. The van der Waals surface area contributed by atoms with Gasteiger partial charge in [0.2, 0.25) is 5.91 Å². The van der Waals surface area contributed by atoms with Crippen molar-refractivity contribution in [2.75, 3.05) is 59.0 Å². The molecule has 1 atom stereocenters. The summed E-state index contributed by atoms with van der Waals surface area (Å²) in [4.78, 5) is 37.0. The fourth-order valence-electron chi connectivity index (χ4n) is 5.09. The molecule has 4 rings (SSSR count). The first-order valence-corrected chi connectivity index (χ1v) is 12.4. The number of hydrogen-bond donors (Lipinski definition) is 0. The smallest absolute Gasteiger partial charge is 0.253 e. The Kier molecular flexibility index (Phi) is 7.97. The largest absolute Gasteiger partial charge is 0.377 e. The number of piperazine rings is 1. The summed E-state index contributed by atoms with van der Waals surface area (Å²) in [5, 5.41) is 0. The van der Waals surface area contributed by atoms with Gasteiger partial charge < -0.3 is 9.64 Å². The normalized spacial score (nSPS) is 22.8. The molecular weight excluding hydrogens is 406 g/mol. The van der Waals surface area contributed by atoms with Crippen LogP contribution in [0.5, 0.6) is 0 Å². The molecule has 0 spiro atoms. The van der Waals surface area contributed by atoms with Crippen LogP contribution in [0.2, 0.25) is 0 Å². The summed E-state index contributed by atoms with van der Waals surface area (Å²) in [5.41, 5.74) is 1.02. The SMILES string of the molecule is CC(C)OCCN1CCN(C(=O)CN2CC[C@H](c3cc(=O)n4c(n3)CCCCC4)C2)CC1. The Hall–Kier alpha value is -1.77. The standard InChI is InChI=1S/C24H39N5O3/c1-19(2)32-15-14-26-10-12-28(13-11-26)24(31)18-27-9-7-20(17-27)21-16-23(30)29-8-5-3-4-6-22(29)25-21/h16,19-20H,3-15,17-18H2,1-2H3/t20-/m0/s1. The molecule has 0 radical (unpaired) electrons. The molecule has 0 saturated carbocycles. The second kappa shape index (κ2) is 10.9. The Bertz CT molecular complexity index is 831. The minimum atomic E-state index is 0.0955. The fraction of sp³-hybridized carbons (Fsp3) is 0.792. The van der Waals surface area contributed by atoms with Crippen LogP contribution in [-0.2, 0) is 22.5 Å². The topological polar surface area (TPSA) is 70.9 Å². The van der Waals surface area contributed by atoms with Gasteiger partial charge >= 0.3 is 0 Å². The molecule has 3 aliphatic heterocycles. The van der Waals surface area contributed by atoms with Crippen LogP contribution in [0.4, 0.5) is 0 Å². The van der Waals surface area contributed by atoms with E-state index < -0.39 is 0 Å². The van der Waals surface area contributed by atoms with E-state index in [0.29, 0.717) is 6.54 Å². The molecule has 1 aromatic rings. The lowest BCUT2D eigenvalue weighted by Crippen LogP contribution is -2.51. The number of fused-ring (bicyclic) bond motifs is 1. The van der Waals surface area contributed by atoms with E-state index in [4.69, 9.17) is 9.72 Å². The Morgan fingerprint density at radius 3 is 2.69 bits per heavy atom. The summed E-state index contributed by atoms with van der Waals surface area (Å²) < 4.78 is 7.51. The molecule has 3 aliphatic rings. The molecule has 0 unspecified atom stereocenters. The first-order valence-electron chi connectivity index (χ1n) is 12.4. The van der Waals surface area contributed by atoms with Gasteiger partial charge in [-0.1, -0.05) is 6.42 Å². The average molecular weight is 446 g/mol. The lowest BCUT2D eigenvalue weighted by molar-refractivity contribution is -0.134. The predicted molar refractivity (Wildman–Crippen MR) is 124 cm³/mol. The minimum absolute atomic E-state index is 0.0955. The highest BCUT2D eigenvalue weighted by molar-refractivity contribution is 5.78. The molecule has 0 N–H and O–H groups in total. The number of nitrogens with zero attached hydrogens (tertiary/aromatic N) is 5. The van der Waals surface area contributed by atoms with Crippen molar-refractivity contribution < 1.29 is 9.53 Å². The van der Waals surface area contributed by atoms with Gasteiger partial charge in [-0.25, -0.2) is 4.98 Å². The second-order valence-electron chi connectivity index (χ2n) is 9.76. The molecular formula is C24H39N5O3. The van der Waals surface area contributed by atoms with Gasteiger partial charge in [-0.3, -0.25) is 24.0 Å². The molecule has 1 aromatic heterocycles. The van der Waals surface area contributed by atoms with Crippen molar-refractivity contribution in [3.8, 4) is 0 Å². The van der Waals surface area contributed by atoms with Crippen LogP contribution in [0.15, 0.2) is 10.9 Å². The van der Waals surface area contributed by atoms with Crippen molar-refractivity contribution in [1.82, 2.24) is 24.3 Å². The van der Waals surface area contributed by atoms with Gasteiger partial charge in [-0.05, 0) is 39.7 Å². The van der Waals surface area contributed by atoms with Gasteiger partial charge in [0.15, 0.2) is 0 Å². The van der Waals surface area contributed by atoms with Gasteiger partial charge in [0.1, 0.15) is 5.82 Å². The summed E-state index contributed by atoms with van der Waals surface area (Å²) in [6, 6.07) is 1.74. The maximum Gasteiger partial charge on any atom is 0.253 e. The number of amides is 1. The Morgan fingerprint density at radius 1 is 1.09 bits per heavy atom. The number of hydrogen-bond acceptors (Lipinski definition) is 6. The van der Waals surface area contributed by atoms with Crippen molar-refractivity contribution in [2.24, 2.45) is 0 Å². The van der Waals surface area contributed by atoms with Crippen LogP contribution in [0.1, 0.15) is 57.0 Å². The zero-order valence-electron chi connectivity index (χ0n) is 19.8. The second-order valence-corrected chi connectivity index (χ2v) is 9.76. The van der Waals surface area contributed by atoms with E-state index in [1.165, 1.54) is 0 Å². The van der Waals surface area contributed by atoms with Crippen molar-refractivity contribution in [3.63, 3.8) is 0 Å². The third-order valence-corrected chi connectivity index (χ3v) is 7.02. The predicted octanol–water partition coefficient (Wildman–Crippen LogP) is 1.33. The van der Waals surface area contributed by atoms with Crippen LogP contribution in [0.25, 0.3) is 0 Å². The molecule has 2 fully saturated rings. The third-order valence-electron chi connectivity index (χ3n) is 7.02. The van der Waals surface area contributed by atoms with E-state index in [1.807, 2.05) is 9.47 Å². The molecule has 0 aliphatic carbocycles. The van der Waals surface area contributed by atoms with Crippen LogP contribution >= 0.6 is 0 Å². The van der Waals surface area contributed by atoms with Crippen molar-refractivity contribution in [1.29, 1.82) is 0 Å². The molecule has 4 heterocycles. The van der Waals surface area contributed by atoms with E-state index >= 15 is 0 Å². The summed E-state index contributed by atoms with van der Waals surface area (Å²) in [6.07, 6.45) is 5.46. The van der Waals surface area contributed by atoms with Crippen molar-refractivity contribution >= 4 is 5.91 Å². The molecule has 0 bridgehead atoms. The number of ether oxygens (including phenoxy) is 1. The highest BCUT2D eigenvalue weighted by Gasteiger charge is 2.29. The van der Waals surface area contributed by atoms with Crippen LogP contribution < -0.4 is 5.56 Å². The van der Waals surface area contributed by atoms with Gasteiger partial charge in [-0.2, -0.15) is 0 Å². The van der Waals surface area contributed by atoms with Gasteiger partial charge in [0.25, 0.3) is 5.56 Å². The summed E-state index contributed by atoms with van der Waals surface area (Å²) >= 11 is 0. The molecule has 178 valence electrons. The summed E-state index contributed by atoms with van der Waals surface area (Å²) in [5.74, 6) is 1.43. The molecule has 0 aromatic carbocycles. The van der Waals surface area contributed by atoms with E-state index in [2.05, 4.69) is 23.6 Å². The minimum Gasteiger partial charge on any atom is -0.377 e. The first kappa shape index (κ1) is 23.4. The highest BCUT2D eigenvalue weighted by atomic mass is 16.5. The van der Waals surface area contributed by atoms with Crippen molar-refractivity contribution in [2.45, 2.75) is 64.5 Å². The summed E-state index contributed by atoms with van der Waals surface area (Å²) in [6.45, 7) is 12.2. The Morgan fingerprint density at radius 2 is 1.91 bits per heavy atom. The monoisotopic (exact) mass is 445 g/mol. The van der Waals surface area contributed by atoms with Crippen LogP contribution in [0, 0.1) is 0 Å². The van der Waals surface area contributed by atoms with E-state index in [1.54, 1.807) is 6.07 Å². The zero-order valence-corrected chi connectivity index (χ0v) is 19.8. The lowest BCUT2D eigenvalue weighted by Gasteiger charge is -2.35. The number of carbonyl (C=O) groups is 1. The van der Waals surface area contributed by atoms with Gasteiger partial charge in [0, 0.05) is 64.2 Å². The molecule has 1 amide bonds.